The van der Waals surface area contributed by atoms with Gasteiger partial charge in [-0.1, -0.05) is 40.0 Å². The molecule has 0 spiro atoms. The van der Waals surface area contributed by atoms with E-state index in [1.165, 1.54) is 5.39 Å². The Morgan fingerprint density at radius 3 is 1.18 bits per heavy atom. The van der Waals surface area contributed by atoms with Crippen molar-refractivity contribution in [3.63, 3.8) is 0 Å². The third-order valence-electron chi connectivity index (χ3n) is 2.08. The van der Waals surface area contributed by atoms with Gasteiger partial charge in [0.1, 0.15) is 0 Å². The molecule has 4 nitrogen and oxygen atoms in total. The smallest absolute Gasteiger partial charge is 0.0814 e. The van der Waals surface area contributed by atoms with Crippen LogP contribution in [0.15, 0.2) is 0 Å². The van der Waals surface area contributed by atoms with Crippen LogP contribution in [0.5, 0.6) is 0 Å². The zero-order valence-electron chi connectivity index (χ0n) is 11.0. The van der Waals surface area contributed by atoms with Crippen molar-refractivity contribution >= 4 is 8.41 Å². The Hall–Kier alpha value is -0.0951. The summed E-state index contributed by atoms with van der Waals surface area (Å²) >= 11 is 0. The van der Waals surface area contributed by atoms with E-state index in [1.807, 2.05) is 0 Å². The van der Waals surface area contributed by atoms with E-state index in [0.29, 0.717) is 19.8 Å². The molecule has 0 rings (SSSR count). The summed E-state index contributed by atoms with van der Waals surface area (Å²) in [5.41, 5.74) is 0. The van der Waals surface area contributed by atoms with Crippen LogP contribution in [0, 0.1) is 0 Å². The van der Waals surface area contributed by atoms with Crippen LogP contribution in [0.2, 0.25) is 0 Å². The fraction of sp³-hybridized carbons (Fsp3) is 1.00. The van der Waals surface area contributed by atoms with E-state index in [1.54, 1.807) is 0 Å². The Morgan fingerprint density at radius 1 is 0.647 bits per heavy atom. The maximum atomic E-state index is 5.36. The summed E-state index contributed by atoms with van der Waals surface area (Å²) in [5, 5.41) is 1.20. The molecule has 17 heavy (non-hydrogen) atoms. The van der Waals surface area contributed by atoms with Gasteiger partial charge in [-0.2, -0.15) is 0 Å². The minimum Gasteiger partial charge on any atom is -0.251 e. The SMILES string of the molecule is B.CCCCON(OCCCC)OCCCC. The van der Waals surface area contributed by atoms with Crippen molar-refractivity contribution in [2.45, 2.75) is 59.3 Å². The molecule has 0 aliphatic rings. The Morgan fingerprint density at radius 2 is 0.941 bits per heavy atom. The largest absolute Gasteiger partial charge is 0.251 e. The highest BCUT2D eigenvalue weighted by molar-refractivity contribution is 5.75. The predicted octanol–water partition coefficient (Wildman–Crippen LogP) is 2.30. The van der Waals surface area contributed by atoms with Crippen molar-refractivity contribution < 1.29 is 14.5 Å². The quantitative estimate of drug-likeness (QED) is 0.301. The van der Waals surface area contributed by atoms with Crippen LogP contribution in [0.3, 0.4) is 0 Å². The van der Waals surface area contributed by atoms with Crippen LogP contribution in [0.25, 0.3) is 0 Å². The van der Waals surface area contributed by atoms with Crippen molar-refractivity contribution in [3.8, 4) is 0 Å². The predicted molar refractivity (Wildman–Crippen MR) is 74.4 cm³/mol. The number of nitrogens with zero attached hydrogens (tertiary/aromatic N) is 1. The summed E-state index contributed by atoms with van der Waals surface area (Å²) in [6, 6.07) is 0. The number of rotatable bonds is 12. The Kier molecular flexibility index (Phi) is 18.0. The van der Waals surface area contributed by atoms with E-state index < -0.39 is 0 Å². The Balaban J connectivity index is 0. The van der Waals surface area contributed by atoms with Crippen LogP contribution in [-0.4, -0.2) is 33.6 Å². The first-order valence-corrected chi connectivity index (χ1v) is 6.54. The van der Waals surface area contributed by atoms with E-state index in [-0.39, 0.29) is 8.41 Å². The van der Waals surface area contributed by atoms with E-state index in [0.717, 1.165) is 38.5 Å². The van der Waals surface area contributed by atoms with Crippen molar-refractivity contribution in [3.05, 3.63) is 0 Å². The topological polar surface area (TPSA) is 30.9 Å². The highest BCUT2D eigenvalue weighted by atomic mass is 17.2. The van der Waals surface area contributed by atoms with E-state index >= 15 is 0 Å². The normalized spacial score (nSPS) is 10.6. The Labute approximate surface area is 108 Å². The van der Waals surface area contributed by atoms with Gasteiger partial charge in [0.25, 0.3) is 0 Å². The van der Waals surface area contributed by atoms with Gasteiger partial charge in [-0.25, -0.2) is 0 Å². The first kappa shape index (κ1) is 19.2. The van der Waals surface area contributed by atoms with Gasteiger partial charge in [0.2, 0.25) is 0 Å². The van der Waals surface area contributed by atoms with Gasteiger partial charge < -0.3 is 0 Å². The van der Waals surface area contributed by atoms with Gasteiger partial charge in [0, 0.05) is 0 Å². The van der Waals surface area contributed by atoms with E-state index in [4.69, 9.17) is 14.5 Å². The summed E-state index contributed by atoms with van der Waals surface area (Å²) in [5.74, 6) is 0. The molecule has 0 aromatic heterocycles. The van der Waals surface area contributed by atoms with Gasteiger partial charge in [-0.15, -0.1) is 0 Å². The summed E-state index contributed by atoms with van der Waals surface area (Å²) in [7, 11) is 0. The first-order chi connectivity index (χ1) is 7.85. The second kappa shape index (κ2) is 15.9. The molecule has 0 amide bonds. The molecule has 0 aliphatic carbocycles. The molecule has 0 aliphatic heterocycles. The van der Waals surface area contributed by atoms with Gasteiger partial charge in [-0.3, -0.25) is 14.5 Å². The van der Waals surface area contributed by atoms with Gasteiger partial charge >= 0.3 is 0 Å². The molecule has 0 fully saturated rings. The highest BCUT2D eigenvalue weighted by Crippen LogP contribution is 2.01. The lowest BCUT2D eigenvalue weighted by Gasteiger charge is -2.19. The zero-order valence-corrected chi connectivity index (χ0v) is 11.0. The van der Waals surface area contributed by atoms with Crippen LogP contribution in [0.4, 0.5) is 0 Å². The fourth-order valence-corrected chi connectivity index (χ4v) is 0.962. The third-order valence-corrected chi connectivity index (χ3v) is 2.08. The standard InChI is InChI=1S/C12H27NO3.BH3/c1-4-7-10-14-13(15-11-8-5-2)16-12-9-6-3;/h4-12H2,1-3H3;1H3. The molecule has 0 N–H and O–H groups in total. The maximum absolute atomic E-state index is 5.36. The van der Waals surface area contributed by atoms with Crippen molar-refractivity contribution in [2.75, 3.05) is 19.8 Å². The van der Waals surface area contributed by atoms with Gasteiger partial charge in [-0.05, 0) is 19.3 Å². The van der Waals surface area contributed by atoms with Crippen molar-refractivity contribution in [1.29, 1.82) is 0 Å². The summed E-state index contributed by atoms with van der Waals surface area (Å²) in [6.45, 7) is 8.33. The summed E-state index contributed by atoms with van der Waals surface area (Å²) < 4.78 is 0. The second-order valence-electron chi connectivity index (χ2n) is 3.78. The van der Waals surface area contributed by atoms with Crippen LogP contribution in [-0.2, 0) is 14.5 Å². The number of hydrogen-bond acceptors (Lipinski definition) is 4. The van der Waals surface area contributed by atoms with Crippen molar-refractivity contribution in [1.82, 2.24) is 5.39 Å². The summed E-state index contributed by atoms with van der Waals surface area (Å²) in [4.78, 5) is 16.1. The molecule has 0 atom stereocenters. The van der Waals surface area contributed by atoms with Gasteiger partial charge in [0.15, 0.2) is 0 Å². The lowest BCUT2D eigenvalue weighted by atomic mass is 10.4. The molecule has 5 heteroatoms. The van der Waals surface area contributed by atoms with Gasteiger partial charge in [0.05, 0.1) is 33.6 Å². The molecule has 0 heterocycles. The van der Waals surface area contributed by atoms with Crippen LogP contribution < -0.4 is 0 Å². The second-order valence-corrected chi connectivity index (χ2v) is 3.78. The summed E-state index contributed by atoms with van der Waals surface area (Å²) in [6.07, 6.45) is 6.38. The molecule has 0 saturated carbocycles. The van der Waals surface area contributed by atoms with E-state index in [2.05, 4.69) is 20.8 Å². The lowest BCUT2D eigenvalue weighted by molar-refractivity contribution is -0.526. The fourth-order valence-electron chi connectivity index (χ4n) is 0.962. The molecule has 0 saturated heterocycles. The van der Waals surface area contributed by atoms with Crippen molar-refractivity contribution in [2.24, 2.45) is 0 Å². The zero-order chi connectivity index (χ0) is 12.1. The van der Waals surface area contributed by atoms with Crippen LogP contribution in [0.1, 0.15) is 59.3 Å². The Bertz CT molecular complexity index is 115. The maximum Gasteiger partial charge on any atom is 0.0814 e. The molecular formula is C12H30BNO3. The molecule has 104 valence electrons. The average Bonchev–Trinajstić information content (AvgIpc) is 2.29. The molecule has 0 aromatic rings. The first-order valence-electron chi connectivity index (χ1n) is 6.54. The number of hydrogen-bond donors (Lipinski definition) is 0. The third kappa shape index (κ3) is 13.8. The molecule has 0 unspecified atom stereocenters. The molecule has 0 aromatic carbocycles. The molecule has 0 radical (unpaired) electrons. The van der Waals surface area contributed by atoms with E-state index in [9.17, 15) is 0 Å². The van der Waals surface area contributed by atoms with Crippen LogP contribution >= 0.6 is 0 Å². The molecular weight excluding hydrogens is 217 g/mol. The average molecular weight is 247 g/mol. The monoisotopic (exact) mass is 247 g/mol. The highest BCUT2D eigenvalue weighted by Gasteiger charge is 2.06. The lowest BCUT2D eigenvalue weighted by Crippen LogP contribution is -2.26. The minimum atomic E-state index is 0. The molecule has 0 bridgehead atoms. The number of unbranched alkanes of at least 4 members (excludes halogenated alkanes) is 3. The minimum absolute atomic E-state index is 0.